The van der Waals surface area contributed by atoms with Crippen molar-refractivity contribution in [2.24, 2.45) is 5.73 Å². The Morgan fingerprint density at radius 3 is 2.75 bits per heavy atom. The highest BCUT2D eigenvalue weighted by molar-refractivity contribution is 5.22. The van der Waals surface area contributed by atoms with Gasteiger partial charge in [-0.15, -0.1) is 0 Å². The number of likely N-dealkylation sites (N-methyl/N-ethyl adjacent to an activating group) is 1. The Hall–Kier alpha value is -0.970. The quantitative estimate of drug-likeness (QED) is 0.917. The minimum absolute atomic E-state index is 0.0160. The van der Waals surface area contributed by atoms with Gasteiger partial charge in [-0.2, -0.15) is 0 Å². The van der Waals surface area contributed by atoms with E-state index in [9.17, 15) is 4.39 Å². The number of benzene rings is 1. The standard InChI is InChI=1S/C16H26FN3/c1-12(18)16(13-6-4-7-14(17)10-13)20-9-5-8-15(11-20)19(2)3/h4,6-7,10,12,15-16H,5,8-9,11,18H2,1-3H3. The summed E-state index contributed by atoms with van der Waals surface area (Å²) in [5.41, 5.74) is 7.18. The van der Waals surface area contributed by atoms with Crippen molar-refractivity contribution in [1.29, 1.82) is 0 Å². The maximum Gasteiger partial charge on any atom is 0.123 e. The Labute approximate surface area is 121 Å². The van der Waals surface area contributed by atoms with Gasteiger partial charge >= 0.3 is 0 Å². The van der Waals surface area contributed by atoms with Crippen LogP contribution in [0.25, 0.3) is 0 Å². The number of rotatable bonds is 4. The first-order valence-electron chi connectivity index (χ1n) is 7.40. The van der Waals surface area contributed by atoms with E-state index in [1.165, 1.54) is 18.9 Å². The molecule has 0 bridgehead atoms. The second kappa shape index (κ2) is 6.66. The molecule has 0 saturated carbocycles. The number of hydrogen-bond acceptors (Lipinski definition) is 3. The van der Waals surface area contributed by atoms with E-state index in [-0.39, 0.29) is 17.9 Å². The highest BCUT2D eigenvalue weighted by atomic mass is 19.1. The lowest BCUT2D eigenvalue weighted by Gasteiger charge is -2.42. The lowest BCUT2D eigenvalue weighted by molar-refractivity contribution is 0.0863. The molecule has 4 heteroatoms. The van der Waals surface area contributed by atoms with E-state index in [0.717, 1.165) is 18.7 Å². The summed E-state index contributed by atoms with van der Waals surface area (Å²) in [6, 6.07) is 7.49. The molecule has 20 heavy (non-hydrogen) atoms. The molecule has 3 atom stereocenters. The monoisotopic (exact) mass is 279 g/mol. The molecule has 1 aromatic carbocycles. The molecule has 1 heterocycles. The topological polar surface area (TPSA) is 32.5 Å². The smallest absolute Gasteiger partial charge is 0.123 e. The zero-order chi connectivity index (χ0) is 14.7. The third-order valence-electron chi connectivity index (χ3n) is 4.24. The molecule has 3 nitrogen and oxygen atoms in total. The van der Waals surface area contributed by atoms with Gasteiger partial charge in [0.15, 0.2) is 0 Å². The largest absolute Gasteiger partial charge is 0.326 e. The summed E-state index contributed by atoms with van der Waals surface area (Å²) in [6.45, 7) is 4.04. The summed E-state index contributed by atoms with van der Waals surface area (Å²) >= 11 is 0. The van der Waals surface area contributed by atoms with E-state index in [4.69, 9.17) is 5.73 Å². The average molecular weight is 279 g/mol. The van der Waals surface area contributed by atoms with Crippen LogP contribution in [0.15, 0.2) is 24.3 Å². The Morgan fingerprint density at radius 1 is 1.40 bits per heavy atom. The Balaban J connectivity index is 2.20. The first-order chi connectivity index (χ1) is 9.49. The number of piperidine rings is 1. The van der Waals surface area contributed by atoms with E-state index in [1.54, 1.807) is 12.1 Å². The molecule has 2 N–H and O–H groups in total. The SMILES string of the molecule is CC(N)C(c1cccc(F)c1)N1CCCC(N(C)C)C1. The van der Waals surface area contributed by atoms with Crippen molar-refractivity contribution in [1.82, 2.24) is 9.80 Å². The number of likely N-dealkylation sites (tertiary alicyclic amines) is 1. The predicted octanol–water partition coefficient (Wildman–Crippen LogP) is 2.24. The maximum absolute atomic E-state index is 13.5. The van der Waals surface area contributed by atoms with Gasteiger partial charge < -0.3 is 10.6 Å². The van der Waals surface area contributed by atoms with Gasteiger partial charge in [0.1, 0.15) is 5.82 Å². The van der Waals surface area contributed by atoms with E-state index in [2.05, 4.69) is 23.9 Å². The number of halogens is 1. The molecule has 1 saturated heterocycles. The van der Waals surface area contributed by atoms with Crippen molar-refractivity contribution in [3.8, 4) is 0 Å². The lowest BCUT2D eigenvalue weighted by Crippen LogP contribution is -2.49. The third-order valence-corrected chi connectivity index (χ3v) is 4.24. The minimum atomic E-state index is -0.186. The normalized spacial score (nSPS) is 23.8. The summed E-state index contributed by atoms with van der Waals surface area (Å²) < 4.78 is 13.5. The van der Waals surface area contributed by atoms with Gasteiger partial charge in [-0.25, -0.2) is 4.39 Å². The fourth-order valence-corrected chi connectivity index (χ4v) is 3.19. The van der Waals surface area contributed by atoms with E-state index < -0.39 is 0 Å². The van der Waals surface area contributed by atoms with Crippen molar-refractivity contribution >= 4 is 0 Å². The van der Waals surface area contributed by atoms with Crippen LogP contribution in [0.4, 0.5) is 4.39 Å². The van der Waals surface area contributed by atoms with Crippen LogP contribution in [0.5, 0.6) is 0 Å². The van der Waals surface area contributed by atoms with E-state index in [0.29, 0.717) is 6.04 Å². The first kappa shape index (κ1) is 15.4. The average Bonchev–Trinajstić information content (AvgIpc) is 2.39. The third kappa shape index (κ3) is 3.57. The molecule has 0 amide bonds. The highest BCUT2D eigenvalue weighted by Crippen LogP contribution is 2.28. The second-order valence-electron chi connectivity index (χ2n) is 6.11. The van der Waals surface area contributed by atoms with Gasteiger partial charge in [-0.1, -0.05) is 12.1 Å². The molecule has 1 fully saturated rings. The van der Waals surface area contributed by atoms with Crippen LogP contribution in [0.1, 0.15) is 31.4 Å². The molecule has 0 radical (unpaired) electrons. The molecule has 3 unspecified atom stereocenters. The molecule has 2 rings (SSSR count). The fourth-order valence-electron chi connectivity index (χ4n) is 3.19. The van der Waals surface area contributed by atoms with Crippen LogP contribution in [-0.2, 0) is 0 Å². The van der Waals surface area contributed by atoms with Gasteiger partial charge in [0.2, 0.25) is 0 Å². The van der Waals surface area contributed by atoms with Crippen LogP contribution in [0.2, 0.25) is 0 Å². The van der Waals surface area contributed by atoms with Crippen LogP contribution in [-0.4, -0.2) is 49.1 Å². The van der Waals surface area contributed by atoms with Crippen LogP contribution < -0.4 is 5.73 Å². The van der Waals surface area contributed by atoms with E-state index >= 15 is 0 Å². The molecule has 1 aromatic rings. The zero-order valence-corrected chi connectivity index (χ0v) is 12.7. The second-order valence-corrected chi connectivity index (χ2v) is 6.11. The molecule has 0 aromatic heterocycles. The number of hydrogen-bond donors (Lipinski definition) is 1. The maximum atomic E-state index is 13.5. The number of nitrogens with zero attached hydrogens (tertiary/aromatic N) is 2. The predicted molar refractivity (Wildman–Crippen MR) is 81.1 cm³/mol. The molecular weight excluding hydrogens is 253 g/mol. The molecule has 0 aliphatic carbocycles. The van der Waals surface area contributed by atoms with Gasteiger partial charge in [-0.3, -0.25) is 4.90 Å². The molecule has 0 spiro atoms. The van der Waals surface area contributed by atoms with Crippen LogP contribution in [0, 0.1) is 5.82 Å². The Morgan fingerprint density at radius 2 is 2.15 bits per heavy atom. The summed E-state index contributed by atoms with van der Waals surface area (Å²) in [7, 11) is 4.24. The summed E-state index contributed by atoms with van der Waals surface area (Å²) in [6.07, 6.45) is 2.39. The van der Waals surface area contributed by atoms with Gasteiger partial charge in [0.25, 0.3) is 0 Å². The summed E-state index contributed by atoms with van der Waals surface area (Å²) in [5.74, 6) is -0.186. The first-order valence-corrected chi connectivity index (χ1v) is 7.40. The van der Waals surface area contributed by atoms with Gasteiger partial charge in [0, 0.05) is 24.7 Å². The summed E-state index contributed by atoms with van der Waals surface area (Å²) in [4.78, 5) is 4.68. The Kier molecular flexibility index (Phi) is 5.13. The lowest BCUT2D eigenvalue weighted by atomic mass is 9.95. The molecule has 1 aliphatic rings. The van der Waals surface area contributed by atoms with Crippen molar-refractivity contribution in [2.45, 2.75) is 37.9 Å². The van der Waals surface area contributed by atoms with Crippen LogP contribution >= 0.6 is 0 Å². The molecule has 112 valence electrons. The van der Waals surface area contributed by atoms with Crippen LogP contribution in [0.3, 0.4) is 0 Å². The zero-order valence-electron chi connectivity index (χ0n) is 12.7. The van der Waals surface area contributed by atoms with Crippen molar-refractivity contribution in [3.05, 3.63) is 35.6 Å². The summed E-state index contributed by atoms with van der Waals surface area (Å²) in [5, 5.41) is 0. The van der Waals surface area contributed by atoms with Gasteiger partial charge in [0.05, 0.1) is 0 Å². The van der Waals surface area contributed by atoms with Crippen molar-refractivity contribution < 1.29 is 4.39 Å². The van der Waals surface area contributed by atoms with Crippen molar-refractivity contribution in [2.75, 3.05) is 27.2 Å². The van der Waals surface area contributed by atoms with Crippen molar-refractivity contribution in [3.63, 3.8) is 0 Å². The Bertz CT molecular complexity index is 433. The fraction of sp³-hybridized carbons (Fsp3) is 0.625. The highest BCUT2D eigenvalue weighted by Gasteiger charge is 2.30. The number of nitrogens with two attached hydrogens (primary N) is 1. The molecular formula is C16H26FN3. The van der Waals surface area contributed by atoms with Gasteiger partial charge in [-0.05, 0) is 58.1 Å². The minimum Gasteiger partial charge on any atom is -0.326 e. The van der Waals surface area contributed by atoms with E-state index in [1.807, 2.05) is 13.0 Å². The molecule has 1 aliphatic heterocycles.